The van der Waals surface area contributed by atoms with Gasteiger partial charge in [0.15, 0.2) is 0 Å². The molecule has 1 fully saturated rings. The van der Waals surface area contributed by atoms with Crippen LogP contribution < -0.4 is 0 Å². The van der Waals surface area contributed by atoms with Gasteiger partial charge in [0.2, 0.25) is 0 Å². The van der Waals surface area contributed by atoms with Gasteiger partial charge in [0.05, 0.1) is 0 Å². The number of likely N-dealkylation sites (tertiary alicyclic amines) is 1. The summed E-state index contributed by atoms with van der Waals surface area (Å²) in [6.45, 7) is 7.55. The van der Waals surface area contributed by atoms with Gasteiger partial charge >= 0.3 is 0 Å². The first-order chi connectivity index (χ1) is 8.59. The highest BCUT2D eigenvalue weighted by molar-refractivity contribution is 5.92. The van der Waals surface area contributed by atoms with E-state index in [-0.39, 0.29) is 5.91 Å². The lowest BCUT2D eigenvalue weighted by Gasteiger charge is -2.32. The molecule has 0 saturated carbocycles. The van der Waals surface area contributed by atoms with Gasteiger partial charge in [0, 0.05) is 18.8 Å². The average molecular weight is 249 g/mol. The molecule has 1 saturated heterocycles. The third-order valence-corrected chi connectivity index (χ3v) is 3.98. The predicted octanol–water partition coefficient (Wildman–Crippen LogP) is 2.70. The fourth-order valence-electron chi connectivity index (χ4n) is 2.76. The Morgan fingerprint density at radius 3 is 2.83 bits per heavy atom. The highest BCUT2D eigenvalue weighted by atomic mass is 16.2. The third kappa shape index (κ3) is 2.74. The smallest absolute Gasteiger partial charge is 0.272 e. The minimum Gasteiger partial charge on any atom is -0.334 e. The summed E-state index contributed by atoms with van der Waals surface area (Å²) in [7, 11) is 0. The first-order valence-electron chi connectivity index (χ1n) is 6.90. The maximum atomic E-state index is 12.5. The summed E-state index contributed by atoms with van der Waals surface area (Å²) in [5.74, 6) is 1.31. The first kappa shape index (κ1) is 13.1. The lowest BCUT2D eigenvalue weighted by Crippen LogP contribution is -2.43. The SMILES string of the molecule is CC(C)[C@@H]1CC[C@H](C)CCN1C(=O)c1ccn[nH]1. The summed E-state index contributed by atoms with van der Waals surface area (Å²) in [6, 6.07) is 2.11. The molecule has 18 heavy (non-hydrogen) atoms. The number of amides is 1. The maximum Gasteiger partial charge on any atom is 0.272 e. The van der Waals surface area contributed by atoms with E-state index in [0.717, 1.165) is 19.4 Å². The maximum absolute atomic E-state index is 12.5. The molecule has 1 aromatic heterocycles. The molecule has 2 rings (SSSR count). The summed E-state index contributed by atoms with van der Waals surface area (Å²) in [5, 5.41) is 6.66. The van der Waals surface area contributed by atoms with E-state index in [0.29, 0.717) is 23.6 Å². The minimum atomic E-state index is 0.0975. The van der Waals surface area contributed by atoms with Crippen LogP contribution in [0.3, 0.4) is 0 Å². The molecule has 0 spiro atoms. The monoisotopic (exact) mass is 249 g/mol. The number of carbonyl (C=O) groups is 1. The molecule has 1 aromatic rings. The van der Waals surface area contributed by atoms with Crippen molar-refractivity contribution in [3.63, 3.8) is 0 Å². The van der Waals surface area contributed by atoms with Gasteiger partial charge in [0.1, 0.15) is 5.69 Å². The van der Waals surface area contributed by atoms with Crippen LogP contribution in [0, 0.1) is 11.8 Å². The number of H-pyrrole nitrogens is 1. The summed E-state index contributed by atoms with van der Waals surface area (Å²) < 4.78 is 0. The quantitative estimate of drug-likeness (QED) is 0.876. The highest BCUT2D eigenvalue weighted by Crippen LogP contribution is 2.26. The second kappa shape index (κ2) is 5.55. The average Bonchev–Trinajstić information content (AvgIpc) is 2.78. The van der Waals surface area contributed by atoms with E-state index >= 15 is 0 Å². The Labute approximate surface area is 109 Å². The number of nitrogens with zero attached hydrogens (tertiary/aromatic N) is 2. The number of aromatic amines is 1. The van der Waals surface area contributed by atoms with Crippen LogP contribution in [0.4, 0.5) is 0 Å². The molecule has 0 unspecified atom stereocenters. The third-order valence-electron chi connectivity index (χ3n) is 3.98. The van der Waals surface area contributed by atoms with Crippen molar-refractivity contribution >= 4 is 5.91 Å². The van der Waals surface area contributed by atoms with Gasteiger partial charge in [-0.05, 0) is 37.2 Å². The van der Waals surface area contributed by atoms with E-state index in [2.05, 4.69) is 31.0 Å². The Morgan fingerprint density at radius 2 is 2.22 bits per heavy atom. The van der Waals surface area contributed by atoms with E-state index in [1.165, 1.54) is 6.42 Å². The van der Waals surface area contributed by atoms with E-state index < -0.39 is 0 Å². The van der Waals surface area contributed by atoms with Crippen LogP contribution in [0.5, 0.6) is 0 Å². The van der Waals surface area contributed by atoms with Gasteiger partial charge in [-0.1, -0.05) is 20.8 Å². The molecule has 100 valence electrons. The van der Waals surface area contributed by atoms with Crippen LogP contribution in [-0.4, -0.2) is 33.6 Å². The van der Waals surface area contributed by atoms with Crippen LogP contribution in [0.1, 0.15) is 50.5 Å². The Hall–Kier alpha value is -1.32. The van der Waals surface area contributed by atoms with Gasteiger partial charge in [-0.3, -0.25) is 9.89 Å². The van der Waals surface area contributed by atoms with Crippen molar-refractivity contribution in [3.05, 3.63) is 18.0 Å². The van der Waals surface area contributed by atoms with Crippen molar-refractivity contribution in [3.8, 4) is 0 Å². The highest BCUT2D eigenvalue weighted by Gasteiger charge is 2.30. The predicted molar refractivity (Wildman–Crippen MR) is 71.3 cm³/mol. The largest absolute Gasteiger partial charge is 0.334 e. The lowest BCUT2D eigenvalue weighted by molar-refractivity contribution is 0.0625. The number of nitrogens with one attached hydrogen (secondary N) is 1. The van der Waals surface area contributed by atoms with Crippen LogP contribution in [0.2, 0.25) is 0 Å². The molecular weight excluding hydrogens is 226 g/mol. The normalized spacial score (nSPS) is 25.2. The second-order valence-electron chi connectivity index (χ2n) is 5.75. The number of hydrogen-bond donors (Lipinski definition) is 1. The molecule has 1 N–H and O–H groups in total. The zero-order valence-electron chi connectivity index (χ0n) is 11.5. The van der Waals surface area contributed by atoms with Crippen LogP contribution in [-0.2, 0) is 0 Å². The van der Waals surface area contributed by atoms with Crippen molar-refractivity contribution < 1.29 is 4.79 Å². The second-order valence-corrected chi connectivity index (χ2v) is 5.75. The Morgan fingerprint density at radius 1 is 1.44 bits per heavy atom. The van der Waals surface area contributed by atoms with Crippen LogP contribution in [0.15, 0.2) is 12.3 Å². The fraction of sp³-hybridized carbons (Fsp3) is 0.714. The molecule has 2 atom stereocenters. The first-order valence-corrected chi connectivity index (χ1v) is 6.90. The minimum absolute atomic E-state index is 0.0975. The number of rotatable bonds is 2. The van der Waals surface area contributed by atoms with E-state index in [4.69, 9.17) is 0 Å². The fourth-order valence-corrected chi connectivity index (χ4v) is 2.76. The molecule has 0 radical (unpaired) electrons. The van der Waals surface area contributed by atoms with E-state index in [9.17, 15) is 4.79 Å². The Kier molecular flexibility index (Phi) is 4.04. The van der Waals surface area contributed by atoms with Crippen molar-refractivity contribution in [2.75, 3.05) is 6.54 Å². The van der Waals surface area contributed by atoms with Gasteiger partial charge in [-0.15, -0.1) is 0 Å². The van der Waals surface area contributed by atoms with Crippen molar-refractivity contribution in [2.45, 2.75) is 46.1 Å². The number of hydrogen-bond acceptors (Lipinski definition) is 2. The van der Waals surface area contributed by atoms with Crippen molar-refractivity contribution in [1.82, 2.24) is 15.1 Å². The van der Waals surface area contributed by atoms with E-state index in [1.54, 1.807) is 12.3 Å². The molecule has 4 heteroatoms. The number of carbonyl (C=O) groups excluding carboxylic acids is 1. The molecule has 1 aliphatic rings. The molecular formula is C14H23N3O. The summed E-state index contributed by atoms with van der Waals surface area (Å²) in [5.41, 5.74) is 0.607. The zero-order chi connectivity index (χ0) is 13.1. The molecule has 0 aromatic carbocycles. The molecule has 1 aliphatic heterocycles. The summed E-state index contributed by atoms with van der Waals surface area (Å²) in [6.07, 6.45) is 5.06. The van der Waals surface area contributed by atoms with Gasteiger partial charge < -0.3 is 4.90 Å². The Bertz CT molecular complexity index is 386. The summed E-state index contributed by atoms with van der Waals surface area (Å²) >= 11 is 0. The Balaban J connectivity index is 2.18. The lowest BCUT2D eigenvalue weighted by atomic mass is 9.95. The number of aromatic nitrogens is 2. The van der Waals surface area contributed by atoms with Crippen molar-refractivity contribution in [2.24, 2.45) is 11.8 Å². The molecule has 0 aliphatic carbocycles. The molecule has 4 nitrogen and oxygen atoms in total. The van der Waals surface area contributed by atoms with Gasteiger partial charge in [0.25, 0.3) is 5.91 Å². The van der Waals surface area contributed by atoms with Crippen molar-refractivity contribution in [1.29, 1.82) is 0 Å². The van der Waals surface area contributed by atoms with E-state index in [1.807, 2.05) is 4.90 Å². The van der Waals surface area contributed by atoms with Crippen LogP contribution >= 0.6 is 0 Å². The standard InChI is InChI=1S/C14H23N3O/c1-10(2)13-5-4-11(3)7-9-17(13)14(18)12-6-8-15-16-12/h6,8,10-11,13H,4-5,7,9H2,1-3H3,(H,15,16)/t11-,13-/m0/s1. The zero-order valence-corrected chi connectivity index (χ0v) is 11.5. The van der Waals surface area contributed by atoms with Gasteiger partial charge in [-0.2, -0.15) is 5.10 Å². The molecule has 1 amide bonds. The van der Waals surface area contributed by atoms with Crippen LogP contribution in [0.25, 0.3) is 0 Å². The topological polar surface area (TPSA) is 49.0 Å². The molecule has 2 heterocycles. The molecule has 0 bridgehead atoms. The van der Waals surface area contributed by atoms with Gasteiger partial charge in [-0.25, -0.2) is 0 Å². The summed E-state index contributed by atoms with van der Waals surface area (Å²) in [4.78, 5) is 14.5.